The van der Waals surface area contributed by atoms with Crippen molar-refractivity contribution < 1.29 is 19.4 Å². The molecule has 1 N–H and O–H groups in total. The lowest BCUT2D eigenvalue weighted by atomic mass is 9.87. The lowest BCUT2D eigenvalue weighted by Crippen LogP contribution is -2.53. The molecule has 0 aromatic heterocycles. The van der Waals surface area contributed by atoms with Gasteiger partial charge < -0.3 is 14.7 Å². The monoisotopic (exact) mass is 471 g/mol. The first-order valence-corrected chi connectivity index (χ1v) is 11.1. The number of carbonyl (C=O) groups excluding carboxylic acids is 1. The van der Waals surface area contributed by atoms with Gasteiger partial charge in [-0.3, -0.25) is 4.79 Å². The standard InChI is InChI=1S/C25H23Cl2NO4/c1-32-25(14-12-16(13-15-25)17-6-2-4-8-19(17)26)24(31)28-21(10-11-22(28)23(29)30)18-7-3-5-9-20(18)27/h2-9,12-14,21-22H,10-11,15H2,1H3,(H,29,30)/t21-,22+,25?/m1/s1. The Labute approximate surface area is 196 Å². The Morgan fingerprint density at radius 1 is 1.06 bits per heavy atom. The Morgan fingerprint density at radius 3 is 2.34 bits per heavy atom. The van der Waals surface area contributed by atoms with Gasteiger partial charge in [-0.1, -0.05) is 71.8 Å². The molecule has 1 fully saturated rings. The molecular formula is C25H23Cl2NO4. The Kier molecular flexibility index (Phi) is 6.42. The van der Waals surface area contributed by atoms with Crippen molar-refractivity contribution in [2.24, 2.45) is 0 Å². The molecule has 0 saturated carbocycles. The summed E-state index contributed by atoms with van der Waals surface area (Å²) in [6.07, 6.45) is 6.53. The van der Waals surface area contributed by atoms with E-state index >= 15 is 0 Å². The molecule has 166 valence electrons. The van der Waals surface area contributed by atoms with Crippen molar-refractivity contribution in [3.63, 3.8) is 0 Å². The number of likely N-dealkylation sites (tertiary alicyclic amines) is 1. The fourth-order valence-electron chi connectivity index (χ4n) is 4.52. The largest absolute Gasteiger partial charge is 0.480 e. The van der Waals surface area contributed by atoms with Crippen LogP contribution in [0.5, 0.6) is 0 Å². The molecule has 1 unspecified atom stereocenters. The molecule has 0 bridgehead atoms. The highest BCUT2D eigenvalue weighted by atomic mass is 35.5. The first-order chi connectivity index (χ1) is 15.4. The number of rotatable bonds is 5. The van der Waals surface area contributed by atoms with Gasteiger partial charge in [0.1, 0.15) is 6.04 Å². The second-order valence-corrected chi connectivity index (χ2v) is 8.77. The normalized spacial score (nSPS) is 25.0. The quantitative estimate of drug-likeness (QED) is 0.621. The molecule has 3 atom stereocenters. The van der Waals surface area contributed by atoms with Gasteiger partial charge in [0, 0.05) is 23.6 Å². The van der Waals surface area contributed by atoms with Gasteiger partial charge in [0.25, 0.3) is 5.91 Å². The van der Waals surface area contributed by atoms with Crippen molar-refractivity contribution in [3.05, 3.63) is 87.9 Å². The van der Waals surface area contributed by atoms with Crippen LogP contribution in [-0.4, -0.2) is 40.6 Å². The zero-order chi connectivity index (χ0) is 22.9. The van der Waals surface area contributed by atoms with E-state index in [1.807, 2.05) is 54.6 Å². The zero-order valence-corrected chi connectivity index (χ0v) is 19.0. The van der Waals surface area contributed by atoms with Crippen LogP contribution in [0.1, 0.15) is 36.4 Å². The average molecular weight is 472 g/mol. The number of carboxylic acids is 1. The fourth-order valence-corrected chi connectivity index (χ4v) is 5.03. The summed E-state index contributed by atoms with van der Waals surface area (Å²) in [6.45, 7) is 0. The lowest BCUT2D eigenvalue weighted by molar-refractivity contribution is -0.159. The summed E-state index contributed by atoms with van der Waals surface area (Å²) in [4.78, 5) is 27.3. The van der Waals surface area contributed by atoms with Gasteiger partial charge in [0.15, 0.2) is 5.60 Å². The number of carbonyl (C=O) groups is 2. The van der Waals surface area contributed by atoms with Gasteiger partial charge in [-0.25, -0.2) is 4.79 Å². The van der Waals surface area contributed by atoms with E-state index in [-0.39, 0.29) is 12.3 Å². The Bertz CT molecular complexity index is 1110. The number of ether oxygens (including phenoxy) is 1. The maximum absolute atomic E-state index is 13.9. The lowest BCUT2D eigenvalue weighted by Gasteiger charge is -2.38. The molecule has 1 aliphatic carbocycles. The molecule has 1 heterocycles. The van der Waals surface area contributed by atoms with E-state index in [0.717, 1.165) is 16.7 Å². The van der Waals surface area contributed by atoms with Crippen molar-refractivity contribution in [2.75, 3.05) is 7.11 Å². The number of halogens is 2. The topological polar surface area (TPSA) is 66.8 Å². The maximum atomic E-state index is 13.9. The molecule has 2 aromatic rings. The molecule has 32 heavy (non-hydrogen) atoms. The number of hydrogen-bond acceptors (Lipinski definition) is 3. The van der Waals surface area contributed by atoms with Gasteiger partial charge in [-0.05, 0) is 47.8 Å². The van der Waals surface area contributed by atoms with Gasteiger partial charge in [-0.2, -0.15) is 0 Å². The third kappa shape index (κ3) is 3.96. The minimum atomic E-state index is -1.30. The fraction of sp³-hybridized carbons (Fsp3) is 0.280. The Balaban J connectivity index is 1.68. The highest BCUT2D eigenvalue weighted by Gasteiger charge is 2.49. The number of methoxy groups -OCH3 is 1. The molecule has 5 nitrogen and oxygen atoms in total. The van der Waals surface area contributed by atoms with Crippen molar-refractivity contribution in [1.82, 2.24) is 4.90 Å². The number of nitrogens with zero attached hydrogens (tertiary/aromatic N) is 1. The summed E-state index contributed by atoms with van der Waals surface area (Å²) < 4.78 is 5.73. The number of carboxylic acid groups (broad SMARTS) is 1. The SMILES string of the molecule is COC1(C(=O)N2[C@@H](c3ccccc3Cl)CC[C@H]2C(=O)O)C=CC(c2ccccc2Cl)=CC1. The molecule has 2 aliphatic rings. The molecule has 0 radical (unpaired) electrons. The van der Waals surface area contributed by atoms with E-state index in [9.17, 15) is 14.7 Å². The zero-order valence-electron chi connectivity index (χ0n) is 17.5. The van der Waals surface area contributed by atoms with Crippen molar-refractivity contribution >= 4 is 40.7 Å². The predicted molar refractivity (Wildman–Crippen MR) is 125 cm³/mol. The smallest absolute Gasteiger partial charge is 0.326 e. The number of benzene rings is 2. The molecule has 1 saturated heterocycles. The maximum Gasteiger partial charge on any atom is 0.326 e. The van der Waals surface area contributed by atoms with E-state index in [4.69, 9.17) is 27.9 Å². The molecule has 4 rings (SSSR count). The van der Waals surface area contributed by atoms with Crippen LogP contribution in [-0.2, 0) is 14.3 Å². The van der Waals surface area contributed by atoms with Crippen LogP contribution >= 0.6 is 23.2 Å². The second kappa shape index (κ2) is 9.10. The predicted octanol–water partition coefficient (Wildman–Crippen LogP) is 5.54. The highest BCUT2D eigenvalue weighted by molar-refractivity contribution is 6.32. The van der Waals surface area contributed by atoms with Gasteiger partial charge in [0.05, 0.1) is 6.04 Å². The van der Waals surface area contributed by atoms with Gasteiger partial charge in [-0.15, -0.1) is 0 Å². The van der Waals surface area contributed by atoms with Crippen LogP contribution in [0, 0.1) is 0 Å². The van der Waals surface area contributed by atoms with Crippen molar-refractivity contribution in [3.8, 4) is 0 Å². The van der Waals surface area contributed by atoms with Gasteiger partial charge >= 0.3 is 5.97 Å². The summed E-state index contributed by atoms with van der Waals surface area (Å²) in [5.41, 5.74) is 1.18. The molecule has 7 heteroatoms. The van der Waals surface area contributed by atoms with Crippen LogP contribution in [0.4, 0.5) is 0 Å². The molecular weight excluding hydrogens is 449 g/mol. The van der Waals surface area contributed by atoms with Crippen molar-refractivity contribution in [1.29, 1.82) is 0 Å². The average Bonchev–Trinajstić information content (AvgIpc) is 3.24. The Hall–Kier alpha value is -2.60. The molecule has 2 aromatic carbocycles. The van der Waals surface area contributed by atoms with E-state index in [1.54, 1.807) is 12.1 Å². The van der Waals surface area contributed by atoms with Gasteiger partial charge in [0.2, 0.25) is 0 Å². The van der Waals surface area contributed by atoms with Crippen LogP contribution in [0.15, 0.2) is 66.8 Å². The first-order valence-electron chi connectivity index (χ1n) is 10.4. The third-order valence-electron chi connectivity index (χ3n) is 6.24. The second-order valence-electron chi connectivity index (χ2n) is 7.95. The number of hydrogen-bond donors (Lipinski definition) is 1. The molecule has 0 spiro atoms. The molecule has 1 aliphatic heterocycles. The van der Waals surface area contributed by atoms with Crippen molar-refractivity contribution in [2.45, 2.75) is 36.9 Å². The van der Waals surface area contributed by atoms with E-state index < -0.39 is 23.7 Å². The van der Waals surface area contributed by atoms with E-state index in [0.29, 0.717) is 22.9 Å². The van der Waals surface area contributed by atoms with Crippen LogP contribution in [0.2, 0.25) is 10.0 Å². The highest BCUT2D eigenvalue weighted by Crippen LogP contribution is 2.43. The minimum absolute atomic E-state index is 0.261. The van der Waals surface area contributed by atoms with Crippen LogP contribution in [0.25, 0.3) is 5.57 Å². The van der Waals surface area contributed by atoms with E-state index in [1.165, 1.54) is 12.0 Å². The summed E-state index contributed by atoms with van der Waals surface area (Å²) >= 11 is 12.7. The first kappa shape index (κ1) is 22.6. The summed E-state index contributed by atoms with van der Waals surface area (Å²) in [6, 6.07) is 13.3. The summed E-state index contributed by atoms with van der Waals surface area (Å²) in [5.74, 6) is -1.42. The number of aliphatic carboxylic acids is 1. The molecule has 1 amide bonds. The van der Waals surface area contributed by atoms with Crippen LogP contribution < -0.4 is 0 Å². The van der Waals surface area contributed by atoms with Crippen LogP contribution in [0.3, 0.4) is 0 Å². The number of allylic oxidation sites excluding steroid dienone is 2. The third-order valence-corrected chi connectivity index (χ3v) is 6.91. The summed E-state index contributed by atoms with van der Waals surface area (Å²) in [5, 5.41) is 11.0. The Morgan fingerprint density at radius 2 is 1.75 bits per heavy atom. The van der Waals surface area contributed by atoms with E-state index in [2.05, 4.69) is 0 Å². The summed E-state index contributed by atoms with van der Waals surface area (Å²) in [7, 11) is 1.47. The minimum Gasteiger partial charge on any atom is -0.480 e. The number of amides is 1.